The molecule has 0 aliphatic rings. The van der Waals surface area contributed by atoms with Crippen molar-refractivity contribution in [3.05, 3.63) is 0 Å². The second-order valence-corrected chi connectivity index (χ2v) is 4.56. The van der Waals surface area contributed by atoms with Crippen LogP contribution in [0.25, 0.3) is 0 Å². The summed E-state index contributed by atoms with van der Waals surface area (Å²) in [7, 11) is -3.60. The van der Waals surface area contributed by atoms with Gasteiger partial charge in [-0.1, -0.05) is 13.3 Å². The van der Waals surface area contributed by atoms with Gasteiger partial charge >= 0.3 is 5.97 Å². The van der Waals surface area contributed by atoms with E-state index >= 15 is 0 Å². The van der Waals surface area contributed by atoms with Gasteiger partial charge in [-0.05, 0) is 13.3 Å². The van der Waals surface area contributed by atoms with Crippen molar-refractivity contribution in [1.29, 1.82) is 0 Å². The molecule has 1 unspecified atom stereocenters. The lowest BCUT2D eigenvalue weighted by Gasteiger charge is -2.10. The summed E-state index contributed by atoms with van der Waals surface area (Å²) < 4.78 is 30.5. The fourth-order valence-electron chi connectivity index (χ4n) is 0.736. The summed E-state index contributed by atoms with van der Waals surface area (Å²) in [5.41, 5.74) is 0. The summed E-state index contributed by atoms with van der Waals surface area (Å²) in [6, 6.07) is 0. The number of esters is 1. The highest BCUT2D eigenvalue weighted by atomic mass is 32.2. The first-order valence-corrected chi connectivity index (χ1v) is 6.23. The number of hydrogen-bond donors (Lipinski definition) is 0. The van der Waals surface area contributed by atoms with Crippen molar-refractivity contribution < 1.29 is 22.1 Å². The Balaban J connectivity index is 3.88. The average Bonchev–Trinajstić information content (AvgIpc) is 2.01. The fraction of sp³-hybridized carbons (Fsp3) is 0.875. The van der Waals surface area contributed by atoms with Crippen molar-refractivity contribution in [2.24, 2.45) is 0 Å². The third kappa shape index (κ3) is 6.85. The molecule has 0 aliphatic heterocycles. The first-order valence-electron chi connectivity index (χ1n) is 4.41. The largest absolute Gasteiger partial charge is 0.464 e. The molecule has 0 bridgehead atoms. The van der Waals surface area contributed by atoms with Gasteiger partial charge in [-0.25, -0.2) is 4.79 Å². The zero-order valence-electron chi connectivity index (χ0n) is 8.65. The van der Waals surface area contributed by atoms with Gasteiger partial charge in [0.05, 0.1) is 12.9 Å². The molecule has 0 aliphatic carbocycles. The summed E-state index contributed by atoms with van der Waals surface area (Å²) in [6.07, 6.45) is 1.50. The smallest absolute Gasteiger partial charge is 0.336 e. The van der Waals surface area contributed by atoms with E-state index in [1.54, 1.807) is 0 Å². The molecule has 0 heterocycles. The van der Waals surface area contributed by atoms with Crippen LogP contribution in [0, 0.1) is 0 Å². The number of unbranched alkanes of at least 4 members (excludes halogenated alkanes) is 1. The van der Waals surface area contributed by atoms with Gasteiger partial charge in [0.15, 0.2) is 6.10 Å². The number of carbonyl (C=O) groups excluding carboxylic acids is 1. The maximum Gasteiger partial charge on any atom is 0.336 e. The van der Waals surface area contributed by atoms with Gasteiger partial charge in [-0.3, -0.25) is 4.18 Å². The fourth-order valence-corrected chi connectivity index (χ4v) is 1.34. The molecular formula is C8H16O5S. The Morgan fingerprint density at radius 2 is 2.00 bits per heavy atom. The highest BCUT2D eigenvalue weighted by Crippen LogP contribution is 2.00. The predicted octanol–water partition coefficient (Wildman–Crippen LogP) is 0.694. The molecule has 0 aromatic rings. The van der Waals surface area contributed by atoms with Gasteiger partial charge in [0.25, 0.3) is 10.1 Å². The number of hydrogen-bond acceptors (Lipinski definition) is 5. The molecule has 0 N–H and O–H groups in total. The van der Waals surface area contributed by atoms with Gasteiger partial charge in [-0.2, -0.15) is 8.42 Å². The summed E-state index contributed by atoms with van der Waals surface area (Å²) in [5, 5.41) is 0. The average molecular weight is 224 g/mol. The van der Waals surface area contributed by atoms with Crippen molar-refractivity contribution in [3.63, 3.8) is 0 Å². The van der Waals surface area contributed by atoms with Gasteiger partial charge in [0, 0.05) is 0 Å². The molecule has 0 amide bonds. The second kappa shape index (κ2) is 5.98. The van der Waals surface area contributed by atoms with Crippen LogP contribution < -0.4 is 0 Å². The first-order chi connectivity index (χ1) is 6.37. The SMILES string of the molecule is CCCCOC(=O)C(C)OS(C)(=O)=O. The van der Waals surface area contributed by atoms with Gasteiger partial charge in [-0.15, -0.1) is 0 Å². The Labute approximate surface area is 84.5 Å². The molecule has 0 aromatic heterocycles. The Morgan fingerprint density at radius 3 is 2.43 bits per heavy atom. The molecule has 0 rings (SSSR count). The second-order valence-electron chi connectivity index (χ2n) is 2.96. The van der Waals surface area contributed by atoms with E-state index in [4.69, 9.17) is 4.74 Å². The quantitative estimate of drug-likeness (QED) is 0.377. The van der Waals surface area contributed by atoms with E-state index in [2.05, 4.69) is 4.18 Å². The lowest BCUT2D eigenvalue weighted by Crippen LogP contribution is -2.26. The molecule has 84 valence electrons. The van der Waals surface area contributed by atoms with Crippen LogP contribution >= 0.6 is 0 Å². The van der Waals surface area contributed by atoms with E-state index in [0.717, 1.165) is 19.1 Å². The van der Waals surface area contributed by atoms with Crippen LogP contribution in [0.15, 0.2) is 0 Å². The minimum Gasteiger partial charge on any atom is -0.464 e. The predicted molar refractivity (Wildman–Crippen MR) is 51.3 cm³/mol. The number of ether oxygens (including phenoxy) is 1. The van der Waals surface area contributed by atoms with Crippen molar-refractivity contribution in [1.82, 2.24) is 0 Å². The van der Waals surface area contributed by atoms with Crippen molar-refractivity contribution in [2.45, 2.75) is 32.8 Å². The molecule has 0 radical (unpaired) electrons. The Hall–Kier alpha value is -0.620. The van der Waals surface area contributed by atoms with Crippen LogP contribution in [0.4, 0.5) is 0 Å². The molecule has 14 heavy (non-hydrogen) atoms. The van der Waals surface area contributed by atoms with Gasteiger partial charge in [0.2, 0.25) is 0 Å². The van der Waals surface area contributed by atoms with Crippen LogP contribution in [0.3, 0.4) is 0 Å². The first kappa shape index (κ1) is 13.4. The molecule has 0 aromatic carbocycles. The Morgan fingerprint density at radius 1 is 1.43 bits per heavy atom. The monoisotopic (exact) mass is 224 g/mol. The zero-order chi connectivity index (χ0) is 11.2. The molecule has 6 heteroatoms. The normalized spacial score (nSPS) is 13.6. The van der Waals surface area contributed by atoms with Crippen LogP contribution in [0.1, 0.15) is 26.7 Å². The standard InChI is InChI=1S/C8H16O5S/c1-4-5-6-12-8(9)7(2)13-14(3,10)11/h7H,4-6H2,1-3H3. The van der Waals surface area contributed by atoms with Crippen LogP contribution in [-0.4, -0.2) is 33.4 Å². The summed E-state index contributed by atoms with van der Waals surface area (Å²) in [5.74, 6) is -0.649. The molecule has 0 spiro atoms. The molecule has 5 nitrogen and oxygen atoms in total. The highest BCUT2D eigenvalue weighted by Gasteiger charge is 2.19. The maximum absolute atomic E-state index is 11.1. The lowest BCUT2D eigenvalue weighted by molar-refractivity contribution is -0.151. The third-order valence-electron chi connectivity index (χ3n) is 1.39. The van der Waals surface area contributed by atoms with E-state index < -0.39 is 22.2 Å². The lowest BCUT2D eigenvalue weighted by atomic mass is 10.3. The van der Waals surface area contributed by atoms with E-state index in [0.29, 0.717) is 6.61 Å². The maximum atomic E-state index is 11.1. The molecule has 1 atom stereocenters. The van der Waals surface area contributed by atoms with E-state index in [1.807, 2.05) is 6.92 Å². The van der Waals surface area contributed by atoms with Crippen LogP contribution in [0.5, 0.6) is 0 Å². The summed E-state index contributed by atoms with van der Waals surface area (Å²) in [6.45, 7) is 3.60. The number of carbonyl (C=O) groups is 1. The number of rotatable bonds is 6. The van der Waals surface area contributed by atoms with Crippen LogP contribution in [0.2, 0.25) is 0 Å². The van der Waals surface area contributed by atoms with E-state index in [1.165, 1.54) is 6.92 Å². The van der Waals surface area contributed by atoms with Crippen molar-refractivity contribution in [3.8, 4) is 0 Å². The molecular weight excluding hydrogens is 208 g/mol. The van der Waals surface area contributed by atoms with E-state index in [-0.39, 0.29) is 0 Å². The van der Waals surface area contributed by atoms with Crippen LogP contribution in [-0.2, 0) is 23.8 Å². The topological polar surface area (TPSA) is 69.7 Å². The molecule has 0 fully saturated rings. The molecule has 0 saturated carbocycles. The minimum absolute atomic E-state index is 0.298. The molecule has 0 saturated heterocycles. The van der Waals surface area contributed by atoms with Crippen molar-refractivity contribution in [2.75, 3.05) is 12.9 Å². The summed E-state index contributed by atoms with van der Waals surface area (Å²) in [4.78, 5) is 11.1. The summed E-state index contributed by atoms with van der Waals surface area (Å²) >= 11 is 0. The van der Waals surface area contributed by atoms with Gasteiger partial charge in [0.1, 0.15) is 0 Å². The van der Waals surface area contributed by atoms with Crippen molar-refractivity contribution >= 4 is 16.1 Å². The Bertz CT molecular complexity index is 269. The zero-order valence-corrected chi connectivity index (χ0v) is 9.46. The van der Waals surface area contributed by atoms with Gasteiger partial charge < -0.3 is 4.74 Å². The highest BCUT2D eigenvalue weighted by molar-refractivity contribution is 7.86. The third-order valence-corrected chi connectivity index (χ3v) is 2.03. The minimum atomic E-state index is -3.60. The Kier molecular flexibility index (Phi) is 5.71. The van der Waals surface area contributed by atoms with E-state index in [9.17, 15) is 13.2 Å².